The Bertz CT molecular complexity index is 774. The highest BCUT2D eigenvalue weighted by Crippen LogP contribution is 2.20. The van der Waals surface area contributed by atoms with Crippen LogP contribution in [0.4, 0.5) is 4.39 Å². The van der Waals surface area contributed by atoms with Gasteiger partial charge in [-0.2, -0.15) is 0 Å². The van der Waals surface area contributed by atoms with E-state index in [1.807, 2.05) is 0 Å². The van der Waals surface area contributed by atoms with Crippen molar-refractivity contribution in [1.82, 2.24) is 15.8 Å². The van der Waals surface area contributed by atoms with Gasteiger partial charge in [0.1, 0.15) is 17.8 Å². The third-order valence-electron chi connectivity index (χ3n) is 3.36. The van der Waals surface area contributed by atoms with Crippen molar-refractivity contribution in [3.8, 4) is 11.6 Å². The van der Waals surface area contributed by atoms with Crippen LogP contribution in [0, 0.1) is 5.82 Å². The number of carbonyl (C=O) groups excluding carboxylic acids is 2. The van der Waals surface area contributed by atoms with Gasteiger partial charge in [-0.3, -0.25) is 9.59 Å². The molecule has 0 unspecified atom stereocenters. The SMILES string of the molecule is O=C(COc1ccc(Cl)c(F)c1)NCC[C@H](O)CNC(=O)COc1ccon1. The fourth-order valence-corrected chi connectivity index (χ4v) is 2.06. The Labute approximate surface area is 164 Å². The van der Waals surface area contributed by atoms with E-state index in [2.05, 4.69) is 20.3 Å². The summed E-state index contributed by atoms with van der Waals surface area (Å²) in [4.78, 5) is 23.2. The van der Waals surface area contributed by atoms with Crippen LogP contribution in [0.1, 0.15) is 6.42 Å². The van der Waals surface area contributed by atoms with Gasteiger partial charge in [-0.05, 0) is 23.7 Å². The van der Waals surface area contributed by atoms with Crippen molar-refractivity contribution in [2.45, 2.75) is 12.5 Å². The normalized spacial score (nSPS) is 11.5. The summed E-state index contributed by atoms with van der Waals surface area (Å²) in [6, 6.07) is 5.30. The second-order valence-electron chi connectivity index (χ2n) is 5.59. The molecule has 1 heterocycles. The summed E-state index contributed by atoms with van der Waals surface area (Å²) in [7, 11) is 0. The van der Waals surface area contributed by atoms with Crippen LogP contribution in [0.3, 0.4) is 0 Å². The van der Waals surface area contributed by atoms with Gasteiger partial charge < -0.3 is 29.7 Å². The second kappa shape index (κ2) is 11.1. The van der Waals surface area contributed by atoms with Crippen LogP contribution in [0.5, 0.6) is 11.6 Å². The van der Waals surface area contributed by atoms with Gasteiger partial charge in [0.25, 0.3) is 17.7 Å². The average molecular weight is 416 g/mol. The number of amides is 2. The highest BCUT2D eigenvalue weighted by molar-refractivity contribution is 6.30. The predicted octanol–water partition coefficient (Wildman–Crippen LogP) is 0.908. The van der Waals surface area contributed by atoms with Crippen LogP contribution in [0.15, 0.2) is 35.1 Å². The van der Waals surface area contributed by atoms with E-state index in [0.717, 1.165) is 6.07 Å². The first-order chi connectivity index (χ1) is 13.4. The van der Waals surface area contributed by atoms with Crippen molar-refractivity contribution in [3.63, 3.8) is 0 Å². The van der Waals surface area contributed by atoms with Gasteiger partial charge >= 0.3 is 0 Å². The lowest BCUT2D eigenvalue weighted by Gasteiger charge is -2.13. The first-order valence-electron chi connectivity index (χ1n) is 8.26. The summed E-state index contributed by atoms with van der Waals surface area (Å²) >= 11 is 5.55. The number of aliphatic hydroxyl groups excluding tert-OH is 1. The molecule has 1 aromatic carbocycles. The molecule has 0 radical (unpaired) electrons. The minimum Gasteiger partial charge on any atom is -0.484 e. The van der Waals surface area contributed by atoms with Crippen molar-refractivity contribution in [2.24, 2.45) is 0 Å². The maximum atomic E-state index is 13.3. The standard InChI is InChI=1S/C17H19ClFN3O6/c18-13-2-1-12(7-14(13)19)26-9-15(24)20-5-3-11(23)8-21-16(25)10-27-17-4-6-28-22-17/h1-2,4,6-7,11,23H,3,5,8-10H2,(H,20,24)(H,21,25)/t11-/m0/s1. The minimum absolute atomic E-state index is 0.00255. The summed E-state index contributed by atoms with van der Waals surface area (Å²) < 4.78 is 28.0. The number of aliphatic hydroxyl groups is 1. The Morgan fingerprint density at radius 1 is 1.21 bits per heavy atom. The smallest absolute Gasteiger partial charge is 0.258 e. The van der Waals surface area contributed by atoms with E-state index in [9.17, 15) is 19.1 Å². The van der Waals surface area contributed by atoms with Gasteiger partial charge in [0, 0.05) is 25.2 Å². The first kappa shape index (κ1) is 21.5. The number of halogens is 2. The quantitative estimate of drug-likeness (QED) is 0.498. The molecule has 2 rings (SSSR count). The topological polar surface area (TPSA) is 123 Å². The molecule has 0 fully saturated rings. The summed E-state index contributed by atoms with van der Waals surface area (Å²) in [5.41, 5.74) is 0. The predicted molar refractivity (Wildman–Crippen MR) is 95.5 cm³/mol. The monoisotopic (exact) mass is 415 g/mol. The number of nitrogens with zero attached hydrogens (tertiary/aromatic N) is 1. The maximum absolute atomic E-state index is 13.3. The molecule has 0 aliphatic carbocycles. The molecule has 9 nitrogen and oxygen atoms in total. The van der Waals surface area contributed by atoms with Gasteiger partial charge in [0.2, 0.25) is 0 Å². The fraction of sp³-hybridized carbons (Fsp3) is 0.353. The number of nitrogens with one attached hydrogen (secondary N) is 2. The van der Waals surface area contributed by atoms with Gasteiger partial charge in [0.05, 0.1) is 11.1 Å². The van der Waals surface area contributed by atoms with Crippen molar-refractivity contribution in [1.29, 1.82) is 0 Å². The molecule has 0 saturated carbocycles. The van der Waals surface area contributed by atoms with Gasteiger partial charge in [-0.1, -0.05) is 11.6 Å². The Morgan fingerprint density at radius 3 is 2.68 bits per heavy atom. The Balaban J connectivity index is 1.54. The van der Waals surface area contributed by atoms with Crippen molar-refractivity contribution in [3.05, 3.63) is 41.4 Å². The van der Waals surface area contributed by atoms with Crippen molar-refractivity contribution in [2.75, 3.05) is 26.3 Å². The lowest BCUT2D eigenvalue weighted by molar-refractivity contribution is -0.124. The molecular weight excluding hydrogens is 397 g/mol. The number of ether oxygens (including phenoxy) is 2. The van der Waals surface area contributed by atoms with E-state index in [-0.39, 0.29) is 49.4 Å². The molecule has 0 saturated heterocycles. The van der Waals surface area contributed by atoms with Crippen LogP contribution in [0.2, 0.25) is 5.02 Å². The summed E-state index contributed by atoms with van der Waals surface area (Å²) in [6.07, 6.45) is 0.665. The van der Waals surface area contributed by atoms with Crippen molar-refractivity contribution < 1.29 is 33.1 Å². The van der Waals surface area contributed by atoms with E-state index < -0.39 is 23.7 Å². The van der Waals surface area contributed by atoms with E-state index in [1.54, 1.807) is 0 Å². The Kier molecular flexibility index (Phi) is 8.50. The lowest BCUT2D eigenvalue weighted by atomic mass is 10.2. The van der Waals surface area contributed by atoms with Crippen LogP contribution in [-0.2, 0) is 9.59 Å². The van der Waals surface area contributed by atoms with Gasteiger partial charge in [-0.25, -0.2) is 4.39 Å². The second-order valence-corrected chi connectivity index (χ2v) is 5.99. The lowest BCUT2D eigenvalue weighted by Crippen LogP contribution is -2.37. The largest absolute Gasteiger partial charge is 0.484 e. The minimum atomic E-state index is -0.859. The van der Waals surface area contributed by atoms with Gasteiger partial charge in [0.15, 0.2) is 13.2 Å². The number of rotatable bonds is 11. The van der Waals surface area contributed by atoms with Crippen LogP contribution in [0.25, 0.3) is 0 Å². The molecule has 3 N–H and O–H groups in total. The molecule has 0 aliphatic rings. The van der Waals surface area contributed by atoms with E-state index in [4.69, 9.17) is 21.1 Å². The molecule has 2 aromatic rings. The molecule has 1 atom stereocenters. The fourth-order valence-electron chi connectivity index (χ4n) is 1.94. The van der Waals surface area contributed by atoms with Crippen LogP contribution in [-0.4, -0.2) is 54.5 Å². The molecular formula is C17H19ClFN3O6. The zero-order valence-corrected chi connectivity index (χ0v) is 15.4. The average Bonchev–Trinajstić information content (AvgIpc) is 3.19. The molecule has 2 amide bonds. The third kappa shape index (κ3) is 7.80. The molecule has 1 aromatic heterocycles. The van der Waals surface area contributed by atoms with Crippen LogP contribution < -0.4 is 20.1 Å². The molecule has 28 heavy (non-hydrogen) atoms. The number of benzene rings is 1. The maximum Gasteiger partial charge on any atom is 0.258 e. The summed E-state index contributed by atoms with van der Waals surface area (Å²) in [6.45, 7) is -0.410. The molecule has 152 valence electrons. The zero-order chi connectivity index (χ0) is 20.4. The highest BCUT2D eigenvalue weighted by atomic mass is 35.5. The molecule has 11 heteroatoms. The van der Waals surface area contributed by atoms with E-state index >= 15 is 0 Å². The van der Waals surface area contributed by atoms with Gasteiger partial charge in [-0.15, -0.1) is 0 Å². The van der Waals surface area contributed by atoms with E-state index in [0.29, 0.717) is 0 Å². The number of hydrogen-bond acceptors (Lipinski definition) is 7. The highest BCUT2D eigenvalue weighted by Gasteiger charge is 2.10. The van der Waals surface area contributed by atoms with Crippen molar-refractivity contribution >= 4 is 23.4 Å². The number of carbonyl (C=O) groups is 2. The number of aromatic nitrogens is 1. The molecule has 0 spiro atoms. The Morgan fingerprint density at radius 2 is 1.96 bits per heavy atom. The summed E-state index contributed by atoms with van der Waals surface area (Å²) in [5, 5.41) is 18.3. The summed E-state index contributed by atoms with van der Waals surface area (Å²) in [5.74, 6) is -1.16. The molecule has 0 bridgehead atoms. The van der Waals surface area contributed by atoms with Crippen LogP contribution >= 0.6 is 11.6 Å². The number of hydrogen-bond donors (Lipinski definition) is 3. The first-order valence-corrected chi connectivity index (χ1v) is 8.64. The molecule has 0 aliphatic heterocycles. The zero-order valence-electron chi connectivity index (χ0n) is 14.7. The third-order valence-corrected chi connectivity index (χ3v) is 3.67. The van der Waals surface area contributed by atoms with E-state index in [1.165, 1.54) is 24.5 Å². The Hall–Kier alpha value is -2.85.